The van der Waals surface area contributed by atoms with Gasteiger partial charge in [-0.1, -0.05) is 25.7 Å². The first-order chi connectivity index (χ1) is 28.4. The molecular formula is C38H47N15O5. The molecular weight excluding hydrogens is 747 g/mol. The van der Waals surface area contributed by atoms with E-state index >= 15 is 0 Å². The third-order valence-corrected chi connectivity index (χ3v) is 11.1. The van der Waals surface area contributed by atoms with Crippen molar-refractivity contribution < 1.29 is 23.8 Å². The number of carbonyl (C=O) groups is 2. The lowest BCUT2D eigenvalue weighted by molar-refractivity contribution is 0.00606. The Kier molecular flexibility index (Phi) is 10.8. The second-order valence-electron chi connectivity index (χ2n) is 14.9. The number of fused-ring (bicyclic) bond motifs is 2. The summed E-state index contributed by atoms with van der Waals surface area (Å²) in [4.78, 5) is 54.9. The first-order valence-electron chi connectivity index (χ1n) is 19.9. The Morgan fingerprint density at radius 3 is 1.98 bits per heavy atom. The molecule has 6 heterocycles. The lowest BCUT2D eigenvalue weighted by Gasteiger charge is -2.40. The standard InChI is InChI=1S/C38H47N15O5/c39-23-6-1-2-7-24(23)46-37-49-30(28-32(54)42-19-57-34(28)51-37)44-21-10-12-22(13-11-21)53-16-17-56-27(18-53)45-25-8-3-4-9-26(25)47-38-50-31(48-36-40-14-5-15-41-36)29-33(55)43-20-58-35(29)52-38/h5,10-15,23-27,45H,1-4,6-9,16-20,39H2,(H,42,54)(H,43,55)(H2,44,46,49,51)(H2,40,41,47,48,50,52)/t23-,24+,25-,26+,27?/m0/s1. The number of rotatable bonds is 11. The summed E-state index contributed by atoms with van der Waals surface area (Å²) < 4.78 is 17.7. The van der Waals surface area contributed by atoms with Crippen LogP contribution in [0.3, 0.4) is 0 Å². The molecule has 4 aromatic rings. The Labute approximate surface area is 334 Å². The van der Waals surface area contributed by atoms with Crippen LogP contribution in [0.2, 0.25) is 0 Å². The third kappa shape index (κ3) is 8.29. The quantitative estimate of drug-likeness (QED) is 0.109. The van der Waals surface area contributed by atoms with Gasteiger partial charge in [-0.3, -0.25) is 14.9 Å². The molecule has 58 heavy (non-hydrogen) atoms. The number of ether oxygens (including phenoxy) is 3. The monoisotopic (exact) mass is 793 g/mol. The largest absolute Gasteiger partial charge is 0.456 e. The molecule has 3 aliphatic heterocycles. The molecule has 2 aliphatic carbocycles. The number of hydrogen-bond acceptors (Lipinski definition) is 18. The Morgan fingerprint density at radius 2 is 1.31 bits per heavy atom. The van der Waals surface area contributed by atoms with E-state index in [0.29, 0.717) is 36.8 Å². The van der Waals surface area contributed by atoms with Crippen LogP contribution >= 0.6 is 0 Å². The lowest BCUT2D eigenvalue weighted by atomic mass is 9.90. The SMILES string of the molecule is N[C@H]1CCCC[C@H]1Nc1nc(Nc2ccc(N3CCOC(N[C@H]4CCCC[C@H]4Nc4nc(Nc5ncccn5)c5c(n4)OCNC5=O)C3)cc2)c2c(n1)OCNC2=O. The zero-order valence-corrected chi connectivity index (χ0v) is 31.9. The van der Waals surface area contributed by atoms with Gasteiger partial charge >= 0.3 is 0 Å². The topological polar surface area (TPSA) is 253 Å². The first-order valence-corrected chi connectivity index (χ1v) is 19.9. The van der Waals surface area contributed by atoms with Gasteiger partial charge in [0.05, 0.1) is 13.2 Å². The molecule has 5 aliphatic rings. The van der Waals surface area contributed by atoms with Crippen LogP contribution in [-0.2, 0) is 4.74 Å². The average Bonchev–Trinajstić information content (AvgIpc) is 3.23. The Morgan fingerprint density at radius 1 is 0.707 bits per heavy atom. The maximum absolute atomic E-state index is 12.9. The van der Waals surface area contributed by atoms with Crippen molar-refractivity contribution in [3.8, 4) is 11.8 Å². The van der Waals surface area contributed by atoms with Crippen molar-refractivity contribution >= 4 is 52.7 Å². The smallest absolute Gasteiger partial charge is 0.263 e. The van der Waals surface area contributed by atoms with Crippen LogP contribution in [-0.4, -0.2) is 105 Å². The fourth-order valence-corrected chi connectivity index (χ4v) is 8.08. The number of morpholine rings is 1. The number of carbonyl (C=O) groups excluding carboxylic acids is 2. The highest BCUT2D eigenvalue weighted by molar-refractivity contribution is 6.03. The Balaban J connectivity index is 0.863. The molecule has 1 saturated heterocycles. The van der Waals surface area contributed by atoms with Crippen LogP contribution in [0.1, 0.15) is 72.1 Å². The first kappa shape index (κ1) is 37.5. The van der Waals surface area contributed by atoms with Gasteiger partial charge in [0, 0.05) is 54.5 Å². The van der Waals surface area contributed by atoms with E-state index in [1.54, 1.807) is 18.5 Å². The van der Waals surface area contributed by atoms with Gasteiger partial charge in [0.25, 0.3) is 11.8 Å². The van der Waals surface area contributed by atoms with Crippen molar-refractivity contribution in [3.63, 3.8) is 0 Å². The van der Waals surface area contributed by atoms with Crippen molar-refractivity contribution in [2.24, 2.45) is 5.73 Å². The fraction of sp³-hybridized carbons (Fsp3) is 0.474. The Bertz CT molecular complexity index is 2110. The molecule has 2 amide bonds. The molecule has 9 N–H and O–H groups in total. The van der Waals surface area contributed by atoms with Gasteiger partial charge in [-0.15, -0.1) is 0 Å². The summed E-state index contributed by atoms with van der Waals surface area (Å²) in [7, 11) is 0. The number of nitrogens with two attached hydrogens (primary N) is 1. The predicted octanol–water partition coefficient (Wildman–Crippen LogP) is 2.56. The summed E-state index contributed by atoms with van der Waals surface area (Å²) in [6.07, 6.45) is 11.0. The zero-order chi connectivity index (χ0) is 39.4. The van der Waals surface area contributed by atoms with Gasteiger partial charge in [0.15, 0.2) is 25.1 Å². The normalized spacial score (nSPS) is 24.2. The van der Waals surface area contributed by atoms with E-state index < -0.39 is 0 Å². The van der Waals surface area contributed by atoms with Crippen LogP contribution in [0.4, 0.5) is 40.9 Å². The second kappa shape index (κ2) is 16.8. The highest BCUT2D eigenvalue weighted by Crippen LogP contribution is 2.33. The minimum atomic E-state index is -0.344. The number of amides is 2. The highest BCUT2D eigenvalue weighted by Gasteiger charge is 2.33. The molecule has 1 aromatic carbocycles. The van der Waals surface area contributed by atoms with E-state index in [-0.39, 0.29) is 84.4 Å². The summed E-state index contributed by atoms with van der Waals surface area (Å²) in [6.45, 7) is 1.96. The summed E-state index contributed by atoms with van der Waals surface area (Å²) in [5.74, 6) is 1.37. The number of nitrogens with one attached hydrogen (secondary N) is 7. The molecule has 9 rings (SSSR count). The van der Waals surface area contributed by atoms with E-state index in [1.807, 2.05) is 24.3 Å². The highest BCUT2D eigenvalue weighted by atomic mass is 16.5. The summed E-state index contributed by atoms with van der Waals surface area (Å²) in [5, 5.41) is 22.4. The minimum absolute atomic E-state index is 0.00184. The van der Waals surface area contributed by atoms with Crippen LogP contribution in [0.25, 0.3) is 0 Å². The molecule has 0 bridgehead atoms. The second-order valence-corrected chi connectivity index (χ2v) is 14.9. The van der Waals surface area contributed by atoms with E-state index in [2.05, 4.69) is 67.0 Å². The van der Waals surface area contributed by atoms with Gasteiger partial charge in [-0.2, -0.15) is 19.9 Å². The summed E-state index contributed by atoms with van der Waals surface area (Å²) >= 11 is 0. The van der Waals surface area contributed by atoms with Crippen LogP contribution in [0, 0.1) is 0 Å². The molecule has 20 nitrogen and oxygen atoms in total. The third-order valence-electron chi connectivity index (χ3n) is 11.1. The Hall–Kier alpha value is -6.12. The fourth-order valence-electron chi connectivity index (χ4n) is 8.08. The van der Waals surface area contributed by atoms with Crippen molar-refractivity contribution in [1.82, 2.24) is 45.9 Å². The number of hydrogen-bond donors (Lipinski definition) is 8. The number of aromatic nitrogens is 6. The van der Waals surface area contributed by atoms with E-state index in [9.17, 15) is 9.59 Å². The predicted molar refractivity (Wildman–Crippen MR) is 214 cm³/mol. The molecule has 304 valence electrons. The lowest BCUT2D eigenvalue weighted by Crippen LogP contribution is -2.56. The molecule has 1 unspecified atom stereocenters. The van der Waals surface area contributed by atoms with Crippen LogP contribution < -0.4 is 57.3 Å². The molecule has 5 atom stereocenters. The number of nitrogens with zero attached hydrogens (tertiary/aromatic N) is 7. The molecule has 2 saturated carbocycles. The van der Waals surface area contributed by atoms with Gasteiger partial charge in [0.2, 0.25) is 29.6 Å². The maximum Gasteiger partial charge on any atom is 0.263 e. The van der Waals surface area contributed by atoms with E-state index in [0.717, 1.165) is 69.3 Å². The maximum atomic E-state index is 12.9. The molecule has 3 aromatic heterocycles. The summed E-state index contributed by atoms with van der Waals surface area (Å²) in [5.41, 5.74) is 8.63. The van der Waals surface area contributed by atoms with Crippen LogP contribution in [0.15, 0.2) is 42.7 Å². The van der Waals surface area contributed by atoms with Gasteiger partial charge < -0.3 is 56.7 Å². The minimum Gasteiger partial charge on any atom is -0.456 e. The number of anilines is 7. The zero-order valence-electron chi connectivity index (χ0n) is 31.9. The van der Waals surface area contributed by atoms with Crippen molar-refractivity contribution in [2.75, 3.05) is 59.3 Å². The van der Waals surface area contributed by atoms with E-state index in [4.69, 9.17) is 24.9 Å². The van der Waals surface area contributed by atoms with Gasteiger partial charge in [-0.05, 0) is 56.0 Å². The van der Waals surface area contributed by atoms with Crippen molar-refractivity contribution in [2.45, 2.75) is 81.8 Å². The van der Waals surface area contributed by atoms with E-state index in [1.165, 1.54) is 0 Å². The van der Waals surface area contributed by atoms with Crippen molar-refractivity contribution in [3.05, 3.63) is 53.9 Å². The number of benzene rings is 1. The average molecular weight is 794 g/mol. The van der Waals surface area contributed by atoms with Gasteiger partial charge in [0.1, 0.15) is 17.4 Å². The van der Waals surface area contributed by atoms with Crippen LogP contribution in [0.5, 0.6) is 11.8 Å². The molecule has 0 spiro atoms. The molecule has 3 fully saturated rings. The molecule has 0 radical (unpaired) electrons. The van der Waals surface area contributed by atoms with Gasteiger partial charge in [-0.25, -0.2) is 9.97 Å². The molecule has 20 heteroatoms. The summed E-state index contributed by atoms with van der Waals surface area (Å²) in [6, 6.07) is 9.82. The van der Waals surface area contributed by atoms with Crippen molar-refractivity contribution in [1.29, 1.82) is 0 Å².